The predicted molar refractivity (Wildman–Crippen MR) is 138 cm³/mol. The van der Waals surface area contributed by atoms with Gasteiger partial charge in [-0.15, -0.1) is 0 Å². The van der Waals surface area contributed by atoms with E-state index in [9.17, 15) is 13.2 Å². The summed E-state index contributed by atoms with van der Waals surface area (Å²) in [6.07, 6.45) is 2.52. The van der Waals surface area contributed by atoms with Gasteiger partial charge in [-0.3, -0.25) is 4.79 Å². The zero-order chi connectivity index (χ0) is 26.8. The van der Waals surface area contributed by atoms with Gasteiger partial charge in [0, 0.05) is 42.5 Å². The normalized spacial score (nSPS) is 16.8. The molecule has 0 bridgehead atoms. The van der Waals surface area contributed by atoms with Gasteiger partial charge in [0.2, 0.25) is 5.88 Å². The summed E-state index contributed by atoms with van der Waals surface area (Å²) < 4.78 is 44.6. The number of carbonyl (C=O) groups excluding carboxylic acids is 1. The highest BCUT2D eigenvalue weighted by molar-refractivity contribution is 7.90. The monoisotopic (exact) mass is 526 g/mol. The standard InChI is InChI=1S/C26H30N4O6S/c1-17-15-26(2,3)30(16-17)24-21(8-7-11-27-24)25(31)29-37(32,33)23-10-6-9-22(28-23)36-20-13-18(34-4)12-19(14-20)35-5/h6-14,17H,15-16H2,1-5H3,(H,29,31). The molecule has 10 nitrogen and oxygen atoms in total. The molecule has 1 unspecified atom stereocenters. The third-order valence-electron chi connectivity index (χ3n) is 6.11. The van der Waals surface area contributed by atoms with Gasteiger partial charge in [-0.25, -0.2) is 9.71 Å². The Hall–Kier alpha value is -3.86. The molecule has 3 heterocycles. The van der Waals surface area contributed by atoms with Gasteiger partial charge in [-0.05, 0) is 44.4 Å². The molecule has 1 amide bonds. The highest BCUT2D eigenvalue weighted by Gasteiger charge is 2.39. The molecule has 1 aliphatic heterocycles. The van der Waals surface area contributed by atoms with Gasteiger partial charge in [-0.1, -0.05) is 13.0 Å². The summed E-state index contributed by atoms with van der Waals surface area (Å²) in [5, 5.41) is -0.367. The van der Waals surface area contributed by atoms with E-state index >= 15 is 0 Å². The van der Waals surface area contributed by atoms with Crippen molar-refractivity contribution in [2.75, 3.05) is 25.7 Å². The van der Waals surface area contributed by atoms with E-state index in [1.54, 1.807) is 36.5 Å². The molecule has 2 aromatic heterocycles. The van der Waals surface area contributed by atoms with Crippen LogP contribution in [-0.4, -0.2) is 50.6 Å². The quantitative estimate of drug-likeness (QED) is 0.464. The molecule has 1 aromatic carbocycles. The fraction of sp³-hybridized carbons (Fsp3) is 0.346. The highest BCUT2D eigenvalue weighted by atomic mass is 32.2. The van der Waals surface area contributed by atoms with E-state index in [2.05, 4.69) is 35.5 Å². The minimum Gasteiger partial charge on any atom is -0.496 e. The Morgan fingerprint density at radius 1 is 1.05 bits per heavy atom. The van der Waals surface area contributed by atoms with Crippen LogP contribution < -0.4 is 23.8 Å². The van der Waals surface area contributed by atoms with Crippen molar-refractivity contribution in [3.05, 3.63) is 60.3 Å². The first-order valence-electron chi connectivity index (χ1n) is 11.7. The number of rotatable bonds is 8. The second-order valence-electron chi connectivity index (χ2n) is 9.51. The Balaban J connectivity index is 1.57. The molecule has 0 spiro atoms. The van der Waals surface area contributed by atoms with Crippen LogP contribution in [0.4, 0.5) is 5.82 Å². The van der Waals surface area contributed by atoms with Crippen LogP contribution in [0.15, 0.2) is 59.8 Å². The first-order valence-corrected chi connectivity index (χ1v) is 13.2. The van der Waals surface area contributed by atoms with Crippen molar-refractivity contribution in [1.82, 2.24) is 14.7 Å². The number of benzene rings is 1. The summed E-state index contributed by atoms with van der Waals surface area (Å²) in [6.45, 7) is 7.01. The van der Waals surface area contributed by atoms with Crippen LogP contribution in [0.25, 0.3) is 0 Å². The van der Waals surface area contributed by atoms with Gasteiger partial charge < -0.3 is 19.1 Å². The van der Waals surface area contributed by atoms with E-state index in [0.717, 1.165) is 6.42 Å². The fourth-order valence-electron chi connectivity index (χ4n) is 4.54. The molecular weight excluding hydrogens is 496 g/mol. The molecule has 0 radical (unpaired) electrons. The molecule has 0 aliphatic carbocycles. The molecule has 3 aromatic rings. The molecule has 0 saturated carbocycles. The van der Waals surface area contributed by atoms with Crippen LogP contribution in [0.3, 0.4) is 0 Å². The van der Waals surface area contributed by atoms with Crippen molar-refractivity contribution < 1.29 is 27.4 Å². The Kier molecular flexibility index (Phi) is 7.26. The van der Waals surface area contributed by atoms with Crippen molar-refractivity contribution in [2.24, 2.45) is 5.92 Å². The topological polar surface area (TPSA) is 120 Å². The average molecular weight is 527 g/mol. The van der Waals surface area contributed by atoms with E-state index in [0.29, 0.717) is 35.5 Å². The number of carbonyl (C=O) groups is 1. The van der Waals surface area contributed by atoms with Crippen molar-refractivity contribution in [3.63, 3.8) is 0 Å². The van der Waals surface area contributed by atoms with Crippen molar-refractivity contribution in [2.45, 2.75) is 37.8 Å². The smallest absolute Gasteiger partial charge is 0.281 e. The third kappa shape index (κ3) is 5.77. The molecule has 11 heteroatoms. The molecular formula is C26H30N4O6S. The van der Waals surface area contributed by atoms with E-state index in [1.165, 1.54) is 32.4 Å². The van der Waals surface area contributed by atoms with Gasteiger partial charge in [0.25, 0.3) is 15.9 Å². The van der Waals surface area contributed by atoms with Gasteiger partial charge in [-0.2, -0.15) is 13.4 Å². The molecule has 37 heavy (non-hydrogen) atoms. The van der Waals surface area contributed by atoms with Crippen LogP contribution in [0.1, 0.15) is 37.6 Å². The number of nitrogens with zero attached hydrogens (tertiary/aromatic N) is 3. The maximum absolute atomic E-state index is 13.2. The Morgan fingerprint density at radius 2 is 1.73 bits per heavy atom. The molecule has 1 saturated heterocycles. The molecule has 196 valence electrons. The van der Waals surface area contributed by atoms with Crippen molar-refractivity contribution >= 4 is 21.7 Å². The fourth-order valence-corrected chi connectivity index (χ4v) is 5.47. The van der Waals surface area contributed by atoms with Crippen LogP contribution in [0.2, 0.25) is 0 Å². The lowest BCUT2D eigenvalue weighted by atomic mass is 9.97. The number of hydrogen-bond donors (Lipinski definition) is 1. The van der Waals surface area contributed by atoms with E-state index in [1.807, 2.05) is 4.90 Å². The number of anilines is 1. The van der Waals surface area contributed by atoms with Gasteiger partial charge in [0.1, 0.15) is 23.1 Å². The van der Waals surface area contributed by atoms with Crippen molar-refractivity contribution in [1.29, 1.82) is 0 Å². The highest BCUT2D eigenvalue weighted by Crippen LogP contribution is 2.37. The minimum absolute atomic E-state index is 0.0144. The number of amides is 1. The summed E-state index contributed by atoms with van der Waals surface area (Å²) in [4.78, 5) is 23.7. The van der Waals surface area contributed by atoms with Gasteiger partial charge in [0.15, 0.2) is 5.03 Å². The zero-order valence-corrected chi connectivity index (χ0v) is 22.2. The summed E-state index contributed by atoms with van der Waals surface area (Å²) in [6, 6.07) is 12.3. The zero-order valence-electron chi connectivity index (χ0n) is 21.4. The number of ether oxygens (including phenoxy) is 3. The van der Waals surface area contributed by atoms with Gasteiger partial charge >= 0.3 is 0 Å². The number of sulfonamides is 1. The molecule has 1 fully saturated rings. The summed E-state index contributed by atoms with van der Waals surface area (Å²) in [5.41, 5.74) is -0.0540. The largest absolute Gasteiger partial charge is 0.496 e. The van der Waals surface area contributed by atoms with E-state index < -0.39 is 15.9 Å². The molecule has 4 rings (SSSR count). The van der Waals surface area contributed by atoms with E-state index in [4.69, 9.17) is 14.2 Å². The predicted octanol–water partition coefficient (Wildman–Crippen LogP) is 4.03. The maximum atomic E-state index is 13.2. The summed E-state index contributed by atoms with van der Waals surface area (Å²) in [7, 11) is -1.30. The number of hydrogen-bond acceptors (Lipinski definition) is 9. The lowest BCUT2D eigenvalue weighted by molar-refractivity contribution is 0.0981. The average Bonchev–Trinajstić information content (AvgIpc) is 3.15. The van der Waals surface area contributed by atoms with Gasteiger partial charge in [0.05, 0.1) is 19.8 Å². The Labute approximate surface area is 216 Å². The Morgan fingerprint density at radius 3 is 2.35 bits per heavy atom. The van der Waals surface area contributed by atoms with E-state index in [-0.39, 0.29) is 22.0 Å². The summed E-state index contributed by atoms with van der Waals surface area (Å²) in [5.74, 6) is 1.41. The van der Waals surface area contributed by atoms with Crippen molar-refractivity contribution in [3.8, 4) is 23.1 Å². The van der Waals surface area contributed by atoms with Crippen LogP contribution in [0, 0.1) is 5.92 Å². The van der Waals surface area contributed by atoms with Crippen LogP contribution in [-0.2, 0) is 10.0 Å². The lowest BCUT2D eigenvalue weighted by Crippen LogP contribution is -2.41. The summed E-state index contributed by atoms with van der Waals surface area (Å²) >= 11 is 0. The number of nitrogens with one attached hydrogen (secondary N) is 1. The first kappa shape index (κ1) is 26.2. The third-order valence-corrected chi connectivity index (χ3v) is 7.34. The lowest BCUT2D eigenvalue weighted by Gasteiger charge is -2.33. The SMILES string of the molecule is COc1cc(OC)cc(Oc2cccc(S(=O)(=O)NC(=O)c3cccnc3N3CC(C)CC3(C)C)n2)c1. The van der Waals surface area contributed by atoms with Crippen LogP contribution in [0.5, 0.6) is 23.1 Å². The molecule has 1 aliphatic rings. The second kappa shape index (κ2) is 10.3. The first-order chi connectivity index (χ1) is 17.5. The van der Waals surface area contributed by atoms with Crippen LogP contribution >= 0.6 is 0 Å². The Bertz CT molecular complexity index is 1390. The number of pyridine rings is 2. The molecule has 1 atom stereocenters. The maximum Gasteiger partial charge on any atom is 0.281 e. The second-order valence-corrected chi connectivity index (χ2v) is 11.1. The molecule has 1 N–H and O–H groups in total. The number of aromatic nitrogens is 2. The number of methoxy groups -OCH3 is 2. The minimum atomic E-state index is -4.31.